The van der Waals surface area contributed by atoms with Crippen LogP contribution in [0.1, 0.15) is 23.7 Å². The van der Waals surface area contributed by atoms with Crippen molar-refractivity contribution in [3.8, 4) is 11.8 Å². The van der Waals surface area contributed by atoms with Crippen molar-refractivity contribution in [1.29, 1.82) is 0 Å². The zero-order valence-electron chi connectivity index (χ0n) is 16.3. The van der Waals surface area contributed by atoms with E-state index in [0.29, 0.717) is 5.95 Å². The molecule has 1 aliphatic rings. The minimum absolute atomic E-state index is 0.579. The molecule has 0 amide bonds. The average Bonchev–Trinajstić information content (AvgIpc) is 2.68. The van der Waals surface area contributed by atoms with Gasteiger partial charge in [-0.15, -0.1) is 0 Å². The quantitative estimate of drug-likeness (QED) is 0.795. The Bertz CT molecular complexity index is 834. The molecule has 1 aromatic carbocycles. The molecule has 27 heavy (non-hydrogen) atoms. The zero-order chi connectivity index (χ0) is 19.1. The number of rotatable bonds is 5. The Labute approximate surface area is 161 Å². The van der Waals surface area contributed by atoms with E-state index in [1.165, 1.54) is 5.56 Å². The number of nitrogens with one attached hydrogen (secondary N) is 2. The molecule has 0 aliphatic carbocycles. The summed E-state index contributed by atoms with van der Waals surface area (Å²) in [5, 5.41) is 6.35. The van der Waals surface area contributed by atoms with Gasteiger partial charge in [-0.2, -0.15) is 4.98 Å². The number of anilines is 3. The van der Waals surface area contributed by atoms with Gasteiger partial charge >= 0.3 is 0 Å². The molecular weight excluding hydrogens is 338 g/mol. The first kappa shape index (κ1) is 19.2. The Kier molecular flexibility index (Phi) is 6.64. The van der Waals surface area contributed by atoms with Gasteiger partial charge in [0.15, 0.2) is 0 Å². The summed E-state index contributed by atoms with van der Waals surface area (Å²) in [6, 6.07) is 8.16. The Hall–Kier alpha value is -2.62. The highest BCUT2D eigenvalue weighted by atomic mass is 16.5. The lowest BCUT2D eigenvalue weighted by atomic mass is 10.0. The topological polar surface area (TPSA) is 62.3 Å². The van der Waals surface area contributed by atoms with Crippen molar-refractivity contribution in [3.05, 3.63) is 41.1 Å². The highest BCUT2D eigenvalue weighted by molar-refractivity contribution is 5.60. The molecule has 0 spiro atoms. The van der Waals surface area contributed by atoms with Crippen molar-refractivity contribution in [2.45, 2.75) is 20.3 Å². The van der Waals surface area contributed by atoms with E-state index >= 15 is 0 Å². The molecular formula is C21H27N5O. The van der Waals surface area contributed by atoms with Gasteiger partial charge in [-0.05, 0) is 31.0 Å². The highest BCUT2D eigenvalue weighted by Crippen LogP contribution is 2.20. The number of aromatic nitrogens is 2. The number of benzene rings is 1. The van der Waals surface area contributed by atoms with Crippen LogP contribution in [0.25, 0.3) is 0 Å². The highest BCUT2D eigenvalue weighted by Gasteiger charge is 2.08. The van der Waals surface area contributed by atoms with Crippen LogP contribution >= 0.6 is 0 Å². The van der Waals surface area contributed by atoms with Crippen molar-refractivity contribution < 1.29 is 4.74 Å². The van der Waals surface area contributed by atoms with Gasteiger partial charge in [0, 0.05) is 43.1 Å². The lowest BCUT2D eigenvalue weighted by Crippen LogP contribution is -2.36. The van der Waals surface area contributed by atoms with Crippen molar-refractivity contribution in [3.63, 3.8) is 0 Å². The summed E-state index contributed by atoms with van der Waals surface area (Å²) in [6.45, 7) is 8.38. The molecule has 2 N–H and O–H groups in total. The summed E-state index contributed by atoms with van der Waals surface area (Å²) in [5.41, 5.74) is 4.15. The number of nitrogens with zero attached hydrogens (tertiary/aromatic N) is 3. The number of aryl methyl sites for hydroxylation is 2. The predicted molar refractivity (Wildman–Crippen MR) is 110 cm³/mol. The maximum absolute atomic E-state index is 5.38. The first-order chi connectivity index (χ1) is 13.2. The predicted octanol–water partition coefficient (Wildman–Crippen LogP) is 2.82. The molecule has 2 heterocycles. The number of ether oxygens (including phenoxy) is 1. The van der Waals surface area contributed by atoms with Gasteiger partial charge in [0.2, 0.25) is 5.95 Å². The first-order valence-corrected chi connectivity index (χ1v) is 9.40. The smallest absolute Gasteiger partial charge is 0.229 e. The van der Waals surface area contributed by atoms with E-state index in [4.69, 9.17) is 4.74 Å². The van der Waals surface area contributed by atoms with Crippen LogP contribution in [0, 0.1) is 18.8 Å². The molecule has 6 heteroatoms. The van der Waals surface area contributed by atoms with Crippen LogP contribution < -0.4 is 10.6 Å². The Morgan fingerprint density at radius 2 is 2.00 bits per heavy atom. The van der Waals surface area contributed by atoms with Crippen LogP contribution in [0.2, 0.25) is 0 Å². The van der Waals surface area contributed by atoms with E-state index in [2.05, 4.69) is 62.5 Å². The monoisotopic (exact) mass is 365 g/mol. The van der Waals surface area contributed by atoms with Gasteiger partial charge in [-0.3, -0.25) is 4.90 Å². The standard InChI is InChI=1S/C21H27N5O/c1-4-17-7-8-19(24-21-23-16(2)14-20(22-3)25-21)15-18(17)6-5-9-26-10-12-27-13-11-26/h7-8,14-15H,4,9-13H2,1-3H3,(H2,22,23,24,25). The fourth-order valence-corrected chi connectivity index (χ4v) is 2.97. The van der Waals surface area contributed by atoms with Crippen molar-refractivity contribution in [2.24, 2.45) is 0 Å². The lowest BCUT2D eigenvalue weighted by Gasteiger charge is -2.24. The molecule has 3 rings (SSSR count). The van der Waals surface area contributed by atoms with Crippen LogP contribution in [0.4, 0.5) is 17.5 Å². The van der Waals surface area contributed by atoms with Crippen LogP contribution in [-0.4, -0.2) is 54.8 Å². The van der Waals surface area contributed by atoms with E-state index in [-0.39, 0.29) is 0 Å². The molecule has 142 valence electrons. The van der Waals surface area contributed by atoms with E-state index in [0.717, 1.165) is 62.0 Å². The Morgan fingerprint density at radius 1 is 1.19 bits per heavy atom. The fraction of sp³-hybridized carbons (Fsp3) is 0.429. The van der Waals surface area contributed by atoms with Crippen LogP contribution in [0.3, 0.4) is 0 Å². The van der Waals surface area contributed by atoms with Crippen molar-refractivity contribution >= 4 is 17.5 Å². The van der Waals surface area contributed by atoms with E-state index in [1.807, 2.05) is 20.0 Å². The molecule has 0 radical (unpaired) electrons. The third-order valence-corrected chi connectivity index (χ3v) is 4.49. The Balaban J connectivity index is 1.76. The van der Waals surface area contributed by atoms with Crippen LogP contribution in [-0.2, 0) is 11.2 Å². The van der Waals surface area contributed by atoms with Gasteiger partial charge in [-0.1, -0.05) is 24.8 Å². The Morgan fingerprint density at radius 3 is 2.74 bits per heavy atom. The van der Waals surface area contributed by atoms with Gasteiger partial charge in [-0.25, -0.2) is 4.98 Å². The van der Waals surface area contributed by atoms with E-state index in [9.17, 15) is 0 Å². The van der Waals surface area contributed by atoms with Gasteiger partial charge in [0.1, 0.15) is 5.82 Å². The van der Waals surface area contributed by atoms with E-state index < -0.39 is 0 Å². The van der Waals surface area contributed by atoms with Crippen LogP contribution in [0.15, 0.2) is 24.3 Å². The second-order valence-electron chi connectivity index (χ2n) is 6.51. The molecule has 0 unspecified atom stereocenters. The SMILES string of the molecule is CCc1ccc(Nc2nc(C)cc(NC)n2)cc1C#CCN1CCOCC1. The van der Waals surface area contributed by atoms with Gasteiger partial charge in [0.05, 0.1) is 19.8 Å². The number of hydrogen-bond acceptors (Lipinski definition) is 6. The van der Waals surface area contributed by atoms with Crippen molar-refractivity contribution in [1.82, 2.24) is 14.9 Å². The average molecular weight is 365 g/mol. The molecule has 1 aromatic heterocycles. The summed E-state index contributed by atoms with van der Waals surface area (Å²) in [7, 11) is 1.85. The second-order valence-corrected chi connectivity index (χ2v) is 6.51. The maximum Gasteiger partial charge on any atom is 0.229 e. The van der Waals surface area contributed by atoms with E-state index in [1.54, 1.807) is 0 Å². The fourth-order valence-electron chi connectivity index (χ4n) is 2.97. The largest absolute Gasteiger partial charge is 0.379 e. The molecule has 1 fully saturated rings. The molecule has 6 nitrogen and oxygen atoms in total. The minimum atomic E-state index is 0.579. The summed E-state index contributed by atoms with van der Waals surface area (Å²) < 4.78 is 5.38. The summed E-state index contributed by atoms with van der Waals surface area (Å²) in [4.78, 5) is 11.2. The molecule has 0 bridgehead atoms. The third-order valence-electron chi connectivity index (χ3n) is 4.49. The van der Waals surface area contributed by atoms with Gasteiger partial charge < -0.3 is 15.4 Å². The zero-order valence-corrected chi connectivity index (χ0v) is 16.3. The molecule has 0 atom stereocenters. The molecule has 2 aromatic rings. The summed E-state index contributed by atoms with van der Waals surface area (Å²) in [5.74, 6) is 8.03. The maximum atomic E-state index is 5.38. The molecule has 0 saturated carbocycles. The normalized spacial score (nSPS) is 14.3. The minimum Gasteiger partial charge on any atom is -0.379 e. The first-order valence-electron chi connectivity index (χ1n) is 9.40. The number of hydrogen-bond donors (Lipinski definition) is 2. The second kappa shape index (κ2) is 9.36. The lowest BCUT2D eigenvalue weighted by molar-refractivity contribution is 0.0443. The molecule has 1 saturated heterocycles. The van der Waals surface area contributed by atoms with Gasteiger partial charge in [0.25, 0.3) is 0 Å². The summed E-state index contributed by atoms with van der Waals surface area (Å²) >= 11 is 0. The summed E-state index contributed by atoms with van der Waals surface area (Å²) in [6.07, 6.45) is 0.951. The number of morpholine rings is 1. The third kappa shape index (κ3) is 5.43. The van der Waals surface area contributed by atoms with Crippen molar-refractivity contribution in [2.75, 3.05) is 50.5 Å². The molecule has 1 aliphatic heterocycles. The van der Waals surface area contributed by atoms with Crippen LogP contribution in [0.5, 0.6) is 0 Å².